The van der Waals surface area contributed by atoms with Gasteiger partial charge in [0.25, 0.3) is 0 Å². The van der Waals surface area contributed by atoms with Gasteiger partial charge in [0, 0.05) is 25.4 Å². The molecule has 9 N–H and O–H groups in total. The Kier molecular flexibility index (Phi) is 18.6. The quantitative estimate of drug-likeness (QED) is 0.0734. The van der Waals surface area contributed by atoms with Crippen LogP contribution < -0.4 is 33.2 Å². The maximum absolute atomic E-state index is 12.5. The van der Waals surface area contributed by atoms with Crippen molar-refractivity contribution in [2.75, 3.05) is 26.2 Å². The minimum atomic E-state index is -0.652. The molecular formula is C23H42N6O4. The summed E-state index contributed by atoms with van der Waals surface area (Å²) in [5, 5.41) is 7.99. The maximum Gasteiger partial charge on any atom is 0.236 e. The predicted molar refractivity (Wildman–Crippen MR) is 129 cm³/mol. The molecule has 0 spiro atoms. The van der Waals surface area contributed by atoms with Crippen LogP contribution in [0, 0.1) is 18.3 Å². The molecule has 0 saturated carbocycles. The van der Waals surface area contributed by atoms with Crippen molar-refractivity contribution in [2.45, 2.75) is 76.3 Å². The van der Waals surface area contributed by atoms with E-state index in [4.69, 9.17) is 23.6 Å². The fourth-order valence-corrected chi connectivity index (χ4v) is 3.31. The number of amides is 3. The number of rotatable bonds is 21. The van der Waals surface area contributed by atoms with Crippen LogP contribution in [-0.2, 0) is 19.2 Å². The third-order valence-electron chi connectivity index (χ3n) is 5.35. The van der Waals surface area contributed by atoms with Crippen molar-refractivity contribution < 1.29 is 19.2 Å². The number of hydrogen-bond acceptors (Lipinski definition) is 7. The number of terminal acetylenes is 1. The van der Waals surface area contributed by atoms with Gasteiger partial charge < -0.3 is 33.2 Å². The first-order valence-electron chi connectivity index (χ1n) is 11.8. The van der Waals surface area contributed by atoms with Crippen molar-refractivity contribution in [2.24, 2.45) is 23.1 Å². The Morgan fingerprint density at radius 3 is 2.12 bits per heavy atom. The fraction of sp³-hybridized carbons (Fsp3) is 0.739. The summed E-state index contributed by atoms with van der Waals surface area (Å²) < 4.78 is 0. The second-order valence-electron chi connectivity index (χ2n) is 8.14. The van der Waals surface area contributed by atoms with E-state index in [1.165, 1.54) is 0 Å². The molecule has 0 aromatic rings. The fourth-order valence-electron chi connectivity index (χ4n) is 3.31. The summed E-state index contributed by atoms with van der Waals surface area (Å²) >= 11 is 0. The average molecular weight is 467 g/mol. The van der Waals surface area contributed by atoms with E-state index >= 15 is 0 Å². The van der Waals surface area contributed by atoms with Crippen molar-refractivity contribution >= 4 is 24.0 Å². The Bertz CT molecular complexity index is 623. The molecule has 33 heavy (non-hydrogen) atoms. The molecule has 0 fully saturated rings. The van der Waals surface area contributed by atoms with E-state index in [0.29, 0.717) is 58.1 Å². The highest BCUT2D eigenvalue weighted by Crippen LogP contribution is 2.16. The van der Waals surface area contributed by atoms with Crippen LogP contribution in [0.1, 0.15) is 64.2 Å². The van der Waals surface area contributed by atoms with Gasteiger partial charge in [-0.2, -0.15) is 0 Å². The summed E-state index contributed by atoms with van der Waals surface area (Å²) in [4.78, 5) is 47.0. The highest BCUT2D eigenvalue weighted by atomic mass is 16.2. The van der Waals surface area contributed by atoms with E-state index in [1.54, 1.807) is 0 Å². The van der Waals surface area contributed by atoms with E-state index in [-0.39, 0.29) is 30.6 Å². The van der Waals surface area contributed by atoms with Gasteiger partial charge in [-0.05, 0) is 57.9 Å². The Morgan fingerprint density at radius 2 is 1.48 bits per heavy atom. The normalized spacial score (nSPS) is 13.3. The minimum Gasteiger partial charge on any atom is -0.359 e. The zero-order chi connectivity index (χ0) is 24.9. The molecule has 1 unspecified atom stereocenters. The molecule has 0 rings (SSSR count). The predicted octanol–water partition coefficient (Wildman–Crippen LogP) is -0.702. The SMILES string of the molecule is C#CCNC(=O)C(CCCCN)CC(=O)[C@@H](N)CCCCNC(=O)[C@@H](N)CCCCNC=O. The van der Waals surface area contributed by atoms with Crippen molar-refractivity contribution in [3.05, 3.63) is 0 Å². The third-order valence-corrected chi connectivity index (χ3v) is 5.35. The van der Waals surface area contributed by atoms with Crippen LogP contribution in [0.15, 0.2) is 0 Å². The Morgan fingerprint density at radius 1 is 0.848 bits per heavy atom. The van der Waals surface area contributed by atoms with Crippen molar-refractivity contribution in [3.8, 4) is 12.3 Å². The first-order valence-corrected chi connectivity index (χ1v) is 11.8. The van der Waals surface area contributed by atoms with Gasteiger partial charge in [0.1, 0.15) is 5.78 Å². The molecular weight excluding hydrogens is 424 g/mol. The number of nitrogens with one attached hydrogen (secondary N) is 3. The summed E-state index contributed by atoms with van der Waals surface area (Å²) in [6.45, 7) is 1.68. The lowest BCUT2D eigenvalue weighted by atomic mass is 9.91. The minimum absolute atomic E-state index is 0.0795. The lowest BCUT2D eigenvalue weighted by molar-refractivity contribution is -0.130. The van der Waals surface area contributed by atoms with Crippen LogP contribution in [-0.4, -0.2) is 62.3 Å². The zero-order valence-electron chi connectivity index (χ0n) is 19.7. The largest absolute Gasteiger partial charge is 0.359 e. The van der Waals surface area contributed by atoms with Crippen LogP contribution in [0.25, 0.3) is 0 Å². The highest BCUT2D eigenvalue weighted by molar-refractivity contribution is 5.89. The molecule has 3 atom stereocenters. The van der Waals surface area contributed by atoms with Gasteiger partial charge in [-0.25, -0.2) is 0 Å². The molecule has 0 aliphatic carbocycles. The lowest BCUT2D eigenvalue weighted by Gasteiger charge is -2.18. The van der Waals surface area contributed by atoms with E-state index in [0.717, 1.165) is 25.7 Å². The molecule has 0 radical (unpaired) electrons. The summed E-state index contributed by atoms with van der Waals surface area (Å²) in [7, 11) is 0. The van der Waals surface area contributed by atoms with Gasteiger partial charge in [0.05, 0.1) is 18.6 Å². The number of nitrogens with two attached hydrogens (primary N) is 3. The molecule has 0 aromatic carbocycles. The van der Waals surface area contributed by atoms with Crippen LogP contribution in [0.2, 0.25) is 0 Å². The van der Waals surface area contributed by atoms with Gasteiger partial charge in [0.2, 0.25) is 18.2 Å². The molecule has 3 amide bonds. The molecule has 0 heterocycles. The molecule has 0 aliphatic heterocycles. The van der Waals surface area contributed by atoms with Crippen molar-refractivity contribution in [1.29, 1.82) is 0 Å². The van der Waals surface area contributed by atoms with Gasteiger partial charge in [-0.15, -0.1) is 6.42 Å². The summed E-state index contributed by atoms with van der Waals surface area (Å²) in [5.74, 6) is 1.30. The maximum atomic E-state index is 12.5. The molecule has 0 aromatic heterocycles. The standard InChI is InChI=1S/C23H42N6O4/c1-2-13-28-22(32)18(9-3-6-12-24)16-21(31)19(25)10-5-8-15-29-23(33)20(26)11-4-7-14-27-17-30/h1,17-20H,3-16,24-26H2,(H,27,30)(H,28,32)(H,29,33)/t18?,19-,20-/m0/s1. The number of Topliss-reactive ketones (excluding diaryl/α,β-unsaturated/α-hetero) is 1. The Hall–Kier alpha value is -2.48. The lowest BCUT2D eigenvalue weighted by Crippen LogP contribution is -2.41. The van der Waals surface area contributed by atoms with E-state index in [1.807, 2.05) is 0 Å². The third kappa shape index (κ3) is 15.9. The first-order chi connectivity index (χ1) is 15.9. The summed E-state index contributed by atoms with van der Waals surface area (Å²) in [6.07, 6.45) is 11.9. The smallest absolute Gasteiger partial charge is 0.236 e. The van der Waals surface area contributed by atoms with Crippen LogP contribution >= 0.6 is 0 Å². The molecule has 0 aliphatic rings. The summed E-state index contributed by atoms with van der Waals surface area (Å²) in [6, 6.07) is -1.23. The van der Waals surface area contributed by atoms with E-state index in [2.05, 4.69) is 21.9 Å². The highest BCUT2D eigenvalue weighted by Gasteiger charge is 2.24. The average Bonchev–Trinajstić information content (AvgIpc) is 2.80. The topological polar surface area (TPSA) is 182 Å². The van der Waals surface area contributed by atoms with Gasteiger partial charge in [0.15, 0.2) is 0 Å². The Balaban J connectivity index is 4.19. The van der Waals surface area contributed by atoms with E-state index < -0.39 is 18.0 Å². The van der Waals surface area contributed by atoms with Crippen LogP contribution in [0.3, 0.4) is 0 Å². The Labute approximate surface area is 197 Å². The van der Waals surface area contributed by atoms with Crippen molar-refractivity contribution in [1.82, 2.24) is 16.0 Å². The number of carbonyl (C=O) groups is 4. The van der Waals surface area contributed by atoms with Gasteiger partial charge in [-0.1, -0.05) is 12.3 Å². The summed E-state index contributed by atoms with van der Waals surface area (Å²) in [5.41, 5.74) is 17.4. The molecule has 188 valence electrons. The molecule has 0 saturated heterocycles. The monoisotopic (exact) mass is 466 g/mol. The van der Waals surface area contributed by atoms with Gasteiger partial charge in [-0.3, -0.25) is 19.2 Å². The number of carbonyl (C=O) groups excluding carboxylic acids is 4. The van der Waals surface area contributed by atoms with E-state index in [9.17, 15) is 19.2 Å². The molecule has 10 nitrogen and oxygen atoms in total. The van der Waals surface area contributed by atoms with Gasteiger partial charge >= 0.3 is 0 Å². The van der Waals surface area contributed by atoms with Crippen LogP contribution in [0.4, 0.5) is 0 Å². The second kappa shape index (κ2) is 20.1. The number of ketones is 1. The van der Waals surface area contributed by atoms with Crippen molar-refractivity contribution in [3.63, 3.8) is 0 Å². The van der Waals surface area contributed by atoms with Crippen LogP contribution in [0.5, 0.6) is 0 Å². The zero-order valence-corrected chi connectivity index (χ0v) is 19.7. The molecule has 0 bridgehead atoms. The number of hydrogen-bond donors (Lipinski definition) is 6. The first kappa shape index (κ1) is 30.5. The second-order valence-corrected chi connectivity index (χ2v) is 8.14. The number of unbranched alkanes of at least 4 members (excludes halogenated alkanes) is 3. The molecule has 10 heteroatoms.